The normalized spacial score (nSPS) is 27.4. The summed E-state index contributed by atoms with van der Waals surface area (Å²) >= 11 is 0. The summed E-state index contributed by atoms with van der Waals surface area (Å²) in [5, 5.41) is 0. The number of likely N-dealkylation sites (N-methyl/N-ethyl adjacent to an activating group) is 1. The fraction of sp³-hybridized carbons (Fsp3) is 0.486. The van der Waals surface area contributed by atoms with E-state index in [1.807, 2.05) is 0 Å². The monoisotopic (exact) mass is 564 g/mol. The molecule has 0 N–H and O–H groups in total. The summed E-state index contributed by atoms with van der Waals surface area (Å²) in [5.41, 5.74) is 9.54. The third-order valence-electron chi connectivity index (χ3n) is 10.4. The molecule has 220 valence electrons. The molecule has 0 amide bonds. The Bertz CT molecular complexity index is 1540. The molecule has 42 heavy (non-hydrogen) atoms. The van der Waals surface area contributed by atoms with E-state index < -0.39 is 0 Å². The number of para-hydroxylation sites is 2. The number of ether oxygens (including phenoxy) is 2. The molecule has 4 heterocycles. The molecule has 5 nitrogen and oxygen atoms in total. The molecule has 0 radical (unpaired) electrons. The van der Waals surface area contributed by atoms with Crippen LogP contribution in [0.2, 0.25) is 0 Å². The minimum atomic E-state index is -0.0511. The molecule has 1 aliphatic carbocycles. The quantitative estimate of drug-likeness (QED) is 0.292. The molecular formula is C37H46N3O2+. The van der Waals surface area contributed by atoms with Crippen LogP contribution in [0.15, 0.2) is 72.0 Å². The molecule has 2 aromatic carbocycles. The zero-order valence-electron chi connectivity index (χ0n) is 26.2. The first kappa shape index (κ1) is 27.5. The maximum atomic E-state index is 6.05. The van der Waals surface area contributed by atoms with E-state index in [1.165, 1.54) is 53.2 Å². The Kier molecular flexibility index (Phi) is 6.65. The van der Waals surface area contributed by atoms with Crippen LogP contribution in [0.25, 0.3) is 0 Å². The lowest BCUT2D eigenvalue weighted by Gasteiger charge is -2.32. The largest absolute Gasteiger partial charge is 0.490 e. The third-order valence-corrected chi connectivity index (χ3v) is 10.4. The second-order valence-corrected chi connectivity index (χ2v) is 13.9. The topological polar surface area (TPSA) is 27.9 Å². The van der Waals surface area contributed by atoms with E-state index in [9.17, 15) is 0 Å². The zero-order valence-corrected chi connectivity index (χ0v) is 26.2. The number of nitrogens with zero attached hydrogens (tertiary/aromatic N) is 3. The van der Waals surface area contributed by atoms with Crippen LogP contribution in [0.5, 0.6) is 11.5 Å². The lowest BCUT2D eigenvalue weighted by atomic mass is 9.80. The number of hydrogen-bond acceptors (Lipinski definition) is 4. The maximum Gasteiger partial charge on any atom is 0.252 e. The van der Waals surface area contributed by atoms with Gasteiger partial charge in [-0.05, 0) is 76.9 Å². The summed E-state index contributed by atoms with van der Waals surface area (Å²) in [6.45, 7) is 12.8. The number of benzene rings is 2. The van der Waals surface area contributed by atoms with Gasteiger partial charge in [0.1, 0.15) is 19.0 Å². The number of rotatable bonds is 4. The Labute approximate surface area is 251 Å². The van der Waals surface area contributed by atoms with Gasteiger partial charge in [-0.25, -0.2) is 0 Å². The second kappa shape index (κ2) is 10.2. The van der Waals surface area contributed by atoms with E-state index in [0.717, 1.165) is 44.2 Å². The standard InChI is InChI=1S/C37H46N3O2/c1-36(2)27-13-9-15-29-34(27)39(21-23-41-29)31(36)19-17-25-11-7-8-12-26(33(25)38(5)6)18-20-32-37(3,4)28-14-10-16-30-35(28)40(32)22-24-42-30/h9-10,13-20,25,33H,7-8,11-12,21-24H2,1-6H3/q+1/b19-17+,26-18+,32-20+. The first-order valence-electron chi connectivity index (χ1n) is 15.9. The van der Waals surface area contributed by atoms with E-state index >= 15 is 0 Å². The highest BCUT2D eigenvalue weighted by Crippen LogP contribution is 2.53. The average Bonchev–Trinajstić information content (AvgIpc) is 3.20. The lowest BCUT2D eigenvalue weighted by molar-refractivity contribution is -0.448. The van der Waals surface area contributed by atoms with Gasteiger partial charge in [0.2, 0.25) is 0 Å². The van der Waals surface area contributed by atoms with E-state index in [4.69, 9.17) is 9.47 Å². The Morgan fingerprint density at radius 3 is 2.48 bits per heavy atom. The third kappa shape index (κ3) is 4.18. The van der Waals surface area contributed by atoms with Crippen molar-refractivity contribution >= 4 is 17.1 Å². The average molecular weight is 565 g/mol. The van der Waals surface area contributed by atoms with Crippen LogP contribution in [0.4, 0.5) is 11.4 Å². The molecule has 7 rings (SSSR count). The highest BCUT2D eigenvalue weighted by atomic mass is 16.5. The van der Waals surface area contributed by atoms with Crippen molar-refractivity contribution in [3.8, 4) is 11.5 Å². The SMILES string of the molecule is CN(C)C1/C(=C/C=C2/N3CCOc4cccc(c43)C2(C)C)CCCCC1/C=C/C1=[N+]2CCOc3cccc(c32)C1(C)C. The molecule has 0 bridgehead atoms. The van der Waals surface area contributed by atoms with Crippen LogP contribution in [0.3, 0.4) is 0 Å². The molecule has 1 fully saturated rings. The summed E-state index contributed by atoms with van der Waals surface area (Å²) in [6.07, 6.45) is 14.8. The fourth-order valence-corrected chi connectivity index (χ4v) is 8.38. The van der Waals surface area contributed by atoms with E-state index in [-0.39, 0.29) is 10.8 Å². The van der Waals surface area contributed by atoms with Crippen molar-refractivity contribution in [3.05, 3.63) is 83.1 Å². The molecule has 5 heteroatoms. The van der Waals surface area contributed by atoms with Crippen LogP contribution >= 0.6 is 0 Å². The van der Waals surface area contributed by atoms with E-state index in [1.54, 1.807) is 5.57 Å². The van der Waals surface area contributed by atoms with Gasteiger partial charge in [-0.1, -0.05) is 62.3 Å². The first-order valence-corrected chi connectivity index (χ1v) is 15.9. The van der Waals surface area contributed by atoms with E-state index in [2.05, 4.69) is 117 Å². The van der Waals surface area contributed by atoms with Crippen molar-refractivity contribution in [2.24, 2.45) is 5.92 Å². The van der Waals surface area contributed by atoms with Gasteiger partial charge >= 0.3 is 0 Å². The van der Waals surface area contributed by atoms with Gasteiger partial charge in [-0.2, -0.15) is 4.58 Å². The van der Waals surface area contributed by atoms with Crippen molar-refractivity contribution < 1.29 is 14.0 Å². The highest BCUT2D eigenvalue weighted by Gasteiger charge is 2.48. The van der Waals surface area contributed by atoms with Crippen molar-refractivity contribution in [1.29, 1.82) is 0 Å². The van der Waals surface area contributed by atoms with Crippen LogP contribution in [-0.2, 0) is 10.8 Å². The summed E-state index contributed by atoms with van der Waals surface area (Å²) < 4.78 is 14.6. The first-order chi connectivity index (χ1) is 20.2. The Balaban J connectivity index is 1.23. The molecule has 0 aromatic heterocycles. The minimum absolute atomic E-state index is 0.0446. The molecule has 4 aliphatic heterocycles. The minimum Gasteiger partial charge on any atom is -0.490 e. The van der Waals surface area contributed by atoms with Gasteiger partial charge in [0.15, 0.2) is 18.0 Å². The van der Waals surface area contributed by atoms with Crippen molar-refractivity contribution in [2.75, 3.05) is 45.3 Å². The van der Waals surface area contributed by atoms with Crippen LogP contribution in [0, 0.1) is 5.92 Å². The Morgan fingerprint density at radius 2 is 1.67 bits per heavy atom. The maximum absolute atomic E-state index is 6.05. The van der Waals surface area contributed by atoms with Gasteiger partial charge in [0, 0.05) is 28.8 Å². The van der Waals surface area contributed by atoms with Gasteiger partial charge in [-0.15, -0.1) is 0 Å². The van der Waals surface area contributed by atoms with Crippen molar-refractivity contribution in [3.63, 3.8) is 0 Å². The second-order valence-electron chi connectivity index (χ2n) is 13.9. The molecule has 0 saturated heterocycles. The lowest BCUT2D eigenvalue weighted by Crippen LogP contribution is -2.36. The zero-order chi connectivity index (χ0) is 29.2. The molecule has 1 saturated carbocycles. The van der Waals surface area contributed by atoms with E-state index in [0.29, 0.717) is 12.0 Å². The summed E-state index contributed by atoms with van der Waals surface area (Å²) in [5.74, 6) is 2.51. The van der Waals surface area contributed by atoms with Crippen LogP contribution < -0.4 is 14.4 Å². The summed E-state index contributed by atoms with van der Waals surface area (Å²) in [7, 11) is 4.52. The van der Waals surface area contributed by atoms with Crippen LogP contribution in [-0.4, -0.2) is 61.6 Å². The molecule has 2 atom stereocenters. The predicted molar refractivity (Wildman–Crippen MR) is 172 cm³/mol. The number of anilines is 1. The molecular weight excluding hydrogens is 518 g/mol. The van der Waals surface area contributed by atoms with Gasteiger partial charge in [0.05, 0.1) is 17.6 Å². The molecule has 5 aliphatic rings. The van der Waals surface area contributed by atoms with Gasteiger partial charge < -0.3 is 19.3 Å². The highest BCUT2D eigenvalue weighted by molar-refractivity contribution is 6.03. The molecule has 2 aromatic rings. The Hall–Kier alpha value is -3.31. The van der Waals surface area contributed by atoms with Gasteiger partial charge in [-0.3, -0.25) is 0 Å². The summed E-state index contributed by atoms with van der Waals surface area (Å²) in [6, 6.07) is 13.5. The fourth-order valence-electron chi connectivity index (χ4n) is 8.38. The van der Waals surface area contributed by atoms with Crippen molar-refractivity contribution in [1.82, 2.24) is 4.90 Å². The predicted octanol–water partition coefficient (Wildman–Crippen LogP) is 7.13. The Morgan fingerprint density at radius 1 is 0.905 bits per heavy atom. The number of allylic oxidation sites excluding steroid dienone is 4. The number of hydrogen-bond donors (Lipinski definition) is 0. The smallest absolute Gasteiger partial charge is 0.252 e. The van der Waals surface area contributed by atoms with Crippen molar-refractivity contribution in [2.45, 2.75) is 70.3 Å². The summed E-state index contributed by atoms with van der Waals surface area (Å²) in [4.78, 5) is 4.97. The van der Waals surface area contributed by atoms with Gasteiger partial charge in [0.25, 0.3) is 5.69 Å². The van der Waals surface area contributed by atoms with Crippen LogP contribution in [0.1, 0.15) is 64.5 Å². The molecule has 2 unspecified atom stereocenters. The molecule has 0 spiro atoms.